The number of benzene rings is 2. The molecule has 0 bridgehead atoms. The molecule has 0 unspecified atom stereocenters. The van der Waals surface area contributed by atoms with Crippen LogP contribution in [-0.4, -0.2) is 17.5 Å². The molecule has 0 aliphatic rings. The minimum Gasteiger partial charge on any atom is -0.484 e. The predicted octanol–water partition coefficient (Wildman–Crippen LogP) is 5.32. The van der Waals surface area contributed by atoms with Crippen molar-refractivity contribution in [1.82, 2.24) is 4.98 Å². The van der Waals surface area contributed by atoms with Crippen molar-refractivity contribution in [2.75, 3.05) is 11.9 Å². The molecule has 1 N–H and O–H groups in total. The Morgan fingerprint density at radius 2 is 1.81 bits per heavy atom. The highest BCUT2D eigenvalue weighted by atomic mass is 32.1. The molecule has 0 saturated heterocycles. The number of anilines is 1. The second-order valence-electron chi connectivity index (χ2n) is 6.56. The summed E-state index contributed by atoms with van der Waals surface area (Å²) in [6.45, 7) is 8.26. The molecule has 3 aromatic rings. The van der Waals surface area contributed by atoms with E-state index in [0.717, 1.165) is 22.6 Å². The lowest BCUT2D eigenvalue weighted by Crippen LogP contribution is -2.20. The molecule has 1 aromatic heterocycles. The molecular formula is C22H24N2O2S. The molecule has 140 valence electrons. The topological polar surface area (TPSA) is 51.2 Å². The second-order valence-corrected chi connectivity index (χ2v) is 7.76. The highest BCUT2D eigenvalue weighted by Gasteiger charge is 2.13. The van der Waals surface area contributed by atoms with Gasteiger partial charge in [0.15, 0.2) is 11.7 Å². The molecule has 3 rings (SSSR count). The van der Waals surface area contributed by atoms with Crippen molar-refractivity contribution in [3.8, 4) is 17.0 Å². The number of nitrogens with one attached hydrogen (secondary N) is 1. The third kappa shape index (κ3) is 4.74. The van der Waals surface area contributed by atoms with E-state index in [4.69, 9.17) is 4.74 Å². The van der Waals surface area contributed by atoms with Crippen LogP contribution in [0.1, 0.15) is 28.5 Å². The molecule has 0 saturated carbocycles. The average molecular weight is 381 g/mol. The molecule has 0 fully saturated rings. The van der Waals surface area contributed by atoms with Crippen LogP contribution in [0.3, 0.4) is 0 Å². The van der Waals surface area contributed by atoms with E-state index in [1.54, 1.807) is 0 Å². The molecule has 0 radical (unpaired) electrons. The van der Waals surface area contributed by atoms with Gasteiger partial charge in [0, 0.05) is 10.4 Å². The number of ether oxygens (including phenoxy) is 1. The summed E-state index contributed by atoms with van der Waals surface area (Å²) in [4.78, 5) is 17.9. The van der Waals surface area contributed by atoms with E-state index in [9.17, 15) is 4.79 Å². The first-order chi connectivity index (χ1) is 13.0. The maximum atomic E-state index is 12.2. The third-order valence-electron chi connectivity index (χ3n) is 4.52. The van der Waals surface area contributed by atoms with E-state index >= 15 is 0 Å². The van der Waals surface area contributed by atoms with Crippen LogP contribution >= 0.6 is 11.3 Å². The first-order valence-corrected chi connectivity index (χ1v) is 9.84. The van der Waals surface area contributed by atoms with Gasteiger partial charge in [-0.2, -0.15) is 0 Å². The van der Waals surface area contributed by atoms with Crippen LogP contribution in [-0.2, 0) is 11.2 Å². The Bertz CT molecular complexity index is 945. The van der Waals surface area contributed by atoms with Crippen LogP contribution in [0, 0.1) is 20.8 Å². The number of nitrogens with zero attached hydrogens (tertiary/aromatic N) is 1. The van der Waals surface area contributed by atoms with Crippen molar-refractivity contribution >= 4 is 22.4 Å². The number of thiazole rings is 1. The van der Waals surface area contributed by atoms with E-state index in [1.165, 1.54) is 28.0 Å². The van der Waals surface area contributed by atoms with Gasteiger partial charge in [0.05, 0.1) is 5.69 Å². The Hall–Kier alpha value is -2.66. The standard InChI is InChI=1S/C22H24N2O2S/c1-5-17-7-10-19(11-8-17)26-13-20(25)23-22-24-21(16(4)27-22)18-9-6-14(2)15(3)12-18/h6-12H,5,13H2,1-4H3,(H,23,24,25). The van der Waals surface area contributed by atoms with E-state index in [-0.39, 0.29) is 12.5 Å². The molecule has 2 aromatic carbocycles. The molecule has 27 heavy (non-hydrogen) atoms. The lowest BCUT2D eigenvalue weighted by Gasteiger charge is -2.06. The summed E-state index contributed by atoms with van der Waals surface area (Å²) >= 11 is 1.48. The molecule has 0 atom stereocenters. The molecule has 4 nitrogen and oxygen atoms in total. The molecular weight excluding hydrogens is 356 g/mol. The van der Waals surface area contributed by atoms with Crippen LogP contribution in [0.25, 0.3) is 11.3 Å². The summed E-state index contributed by atoms with van der Waals surface area (Å²) in [5, 5.41) is 3.43. The number of hydrogen-bond acceptors (Lipinski definition) is 4. The highest BCUT2D eigenvalue weighted by Crippen LogP contribution is 2.31. The van der Waals surface area contributed by atoms with Crippen LogP contribution in [0.15, 0.2) is 42.5 Å². The quantitative estimate of drug-likeness (QED) is 0.630. The van der Waals surface area contributed by atoms with Crippen LogP contribution in [0.5, 0.6) is 5.75 Å². The van der Waals surface area contributed by atoms with Gasteiger partial charge >= 0.3 is 0 Å². The van der Waals surface area contributed by atoms with Gasteiger partial charge in [-0.25, -0.2) is 4.98 Å². The van der Waals surface area contributed by atoms with Crippen LogP contribution in [0.2, 0.25) is 0 Å². The zero-order chi connectivity index (χ0) is 19.4. The number of carbonyl (C=O) groups excluding carboxylic acids is 1. The lowest BCUT2D eigenvalue weighted by molar-refractivity contribution is -0.118. The number of hydrogen-bond donors (Lipinski definition) is 1. The summed E-state index contributed by atoms with van der Waals surface area (Å²) in [6.07, 6.45) is 0.979. The molecule has 0 spiro atoms. The number of amides is 1. The van der Waals surface area contributed by atoms with E-state index in [2.05, 4.69) is 49.3 Å². The lowest BCUT2D eigenvalue weighted by atomic mass is 10.0. The smallest absolute Gasteiger partial charge is 0.264 e. The van der Waals surface area contributed by atoms with Gasteiger partial charge < -0.3 is 4.74 Å². The van der Waals surface area contributed by atoms with Gasteiger partial charge in [0.25, 0.3) is 5.91 Å². The monoisotopic (exact) mass is 380 g/mol. The van der Waals surface area contributed by atoms with Crippen LogP contribution in [0.4, 0.5) is 5.13 Å². The molecule has 1 amide bonds. The zero-order valence-electron chi connectivity index (χ0n) is 16.1. The number of carbonyl (C=O) groups is 1. The second kappa shape index (κ2) is 8.35. The molecule has 5 heteroatoms. The normalized spacial score (nSPS) is 10.7. The fraction of sp³-hybridized carbons (Fsp3) is 0.273. The Morgan fingerprint density at radius 1 is 1.07 bits per heavy atom. The summed E-state index contributed by atoms with van der Waals surface area (Å²) < 4.78 is 5.55. The fourth-order valence-electron chi connectivity index (χ4n) is 2.73. The van der Waals surface area contributed by atoms with Crippen LogP contribution < -0.4 is 10.1 Å². The Morgan fingerprint density at radius 3 is 2.48 bits per heavy atom. The first kappa shape index (κ1) is 19.1. The van der Waals surface area contributed by atoms with Crippen molar-refractivity contribution in [3.63, 3.8) is 0 Å². The SMILES string of the molecule is CCc1ccc(OCC(=O)Nc2nc(-c3ccc(C)c(C)c3)c(C)s2)cc1. The highest BCUT2D eigenvalue weighted by molar-refractivity contribution is 7.16. The molecule has 1 heterocycles. The Balaban J connectivity index is 1.63. The first-order valence-electron chi connectivity index (χ1n) is 9.03. The van der Waals surface area contributed by atoms with Gasteiger partial charge in [-0.1, -0.05) is 31.2 Å². The largest absolute Gasteiger partial charge is 0.484 e. The minimum atomic E-state index is -0.213. The average Bonchev–Trinajstić information content (AvgIpc) is 3.02. The zero-order valence-corrected chi connectivity index (χ0v) is 16.9. The summed E-state index contributed by atoms with van der Waals surface area (Å²) in [6, 6.07) is 14.1. The third-order valence-corrected chi connectivity index (χ3v) is 5.41. The molecule has 0 aliphatic carbocycles. The van der Waals surface area contributed by atoms with Gasteiger partial charge in [-0.05, 0) is 62.1 Å². The van der Waals surface area contributed by atoms with Gasteiger partial charge in [-0.3, -0.25) is 10.1 Å². The Labute approximate surface area is 164 Å². The Kier molecular flexibility index (Phi) is 5.91. The van der Waals surface area contributed by atoms with Crippen molar-refractivity contribution in [2.24, 2.45) is 0 Å². The van der Waals surface area contributed by atoms with Crippen molar-refractivity contribution in [2.45, 2.75) is 34.1 Å². The van der Waals surface area contributed by atoms with Crippen molar-refractivity contribution in [1.29, 1.82) is 0 Å². The number of aromatic nitrogens is 1. The van der Waals surface area contributed by atoms with Gasteiger partial charge in [-0.15, -0.1) is 11.3 Å². The maximum Gasteiger partial charge on any atom is 0.264 e. The van der Waals surface area contributed by atoms with Crippen molar-refractivity contribution in [3.05, 3.63) is 64.0 Å². The number of aryl methyl sites for hydroxylation is 4. The summed E-state index contributed by atoms with van der Waals surface area (Å²) in [7, 11) is 0. The van der Waals surface area contributed by atoms with E-state index < -0.39 is 0 Å². The van der Waals surface area contributed by atoms with E-state index in [1.807, 2.05) is 31.2 Å². The van der Waals surface area contributed by atoms with Gasteiger partial charge in [0.1, 0.15) is 5.75 Å². The summed E-state index contributed by atoms with van der Waals surface area (Å²) in [5.74, 6) is 0.475. The fourth-order valence-corrected chi connectivity index (χ4v) is 3.58. The van der Waals surface area contributed by atoms with Gasteiger partial charge in [0.2, 0.25) is 0 Å². The summed E-state index contributed by atoms with van der Waals surface area (Å²) in [5.41, 5.74) is 5.70. The minimum absolute atomic E-state index is 0.0386. The predicted molar refractivity (Wildman–Crippen MR) is 112 cm³/mol. The number of rotatable bonds is 6. The van der Waals surface area contributed by atoms with E-state index in [0.29, 0.717) is 10.9 Å². The maximum absolute atomic E-state index is 12.2. The molecule has 0 aliphatic heterocycles. The van der Waals surface area contributed by atoms with Crippen molar-refractivity contribution < 1.29 is 9.53 Å².